The number of aliphatic hydroxyl groups excluding tert-OH is 1. The second-order valence-corrected chi connectivity index (χ2v) is 5.29. The third kappa shape index (κ3) is 3.65. The standard InChI is InChI=1S/C15H18F3NO4/c1-22-12-8-19(7-11(12)20)14(21)13(23-2)9-5-3-4-6-10(9)15(16,17)18/h3-6,11-13,20H,7-8H2,1-2H3/t11-,12-,13?/m0/s1. The van der Waals surface area contributed by atoms with Crippen LogP contribution in [0.1, 0.15) is 17.2 Å². The van der Waals surface area contributed by atoms with Gasteiger partial charge in [0.25, 0.3) is 5.91 Å². The van der Waals surface area contributed by atoms with Crippen molar-refractivity contribution in [3.63, 3.8) is 0 Å². The van der Waals surface area contributed by atoms with E-state index in [4.69, 9.17) is 9.47 Å². The Bertz CT molecular complexity index is 564. The van der Waals surface area contributed by atoms with Gasteiger partial charge in [-0.2, -0.15) is 13.2 Å². The Morgan fingerprint density at radius 1 is 1.30 bits per heavy atom. The minimum Gasteiger partial charge on any atom is -0.388 e. The van der Waals surface area contributed by atoms with E-state index in [-0.39, 0.29) is 18.7 Å². The molecule has 0 radical (unpaired) electrons. The molecule has 0 saturated carbocycles. The van der Waals surface area contributed by atoms with E-state index in [2.05, 4.69) is 0 Å². The Morgan fingerprint density at radius 2 is 1.96 bits per heavy atom. The minimum atomic E-state index is -4.59. The lowest BCUT2D eigenvalue weighted by Crippen LogP contribution is -2.36. The van der Waals surface area contributed by atoms with E-state index in [1.807, 2.05) is 0 Å². The summed E-state index contributed by atoms with van der Waals surface area (Å²) < 4.78 is 49.4. The lowest BCUT2D eigenvalue weighted by molar-refractivity contribution is -0.145. The third-order valence-electron chi connectivity index (χ3n) is 3.86. The number of carbonyl (C=O) groups excluding carboxylic acids is 1. The predicted molar refractivity (Wildman–Crippen MR) is 74.6 cm³/mol. The van der Waals surface area contributed by atoms with Gasteiger partial charge in [0.15, 0.2) is 6.10 Å². The molecule has 2 rings (SSSR count). The Kier molecular flexibility index (Phi) is 5.28. The monoisotopic (exact) mass is 333 g/mol. The van der Waals surface area contributed by atoms with Gasteiger partial charge in [0, 0.05) is 32.9 Å². The molecule has 1 aromatic rings. The van der Waals surface area contributed by atoms with Crippen LogP contribution in [0.3, 0.4) is 0 Å². The molecule has 8 heteroatoms. The van der Waals surface area contributed by atoms with Gasteiger partial charge in [0.2, 0.25) is 0 Å². The highest BCUT2D eigenvalue weighted by atomic mass is 19.4. The number of carbonyl (C=O) groups is 1. The summed E-state index contributed by atoms with van der Waals surface area (Å²) in [5.74, 6) is -0.636. The number of rotatable bonds is 4. The number of ether oxygens (including phenoxy) is 2. The molecule has 0 aromatic heterocycles. The molecule has 5 nitrogen and oxygen atoms in total. The van der Waals surface area contributed by atoms with E-state index < -0.39 is 36.0 Å². The maximum Gasteiger partial charge on any atom is 0.416 e. The topological polar surface area (TPSA) is 59.0 Å². The molecule has 128 valence electrons. The summed E-state index contributed by atoms with van der Waals surface area (Å²) in [5.41, 5.74) is -1.16. The molecular formula is C15H18F3NO4. The quantitative estimate of drug-likeness (QED) is 0.909. The number of hydrogen-bond donors (Lipinski definition) is 1. The number of benzene rings is 1. The van der Waals surface area contributed by atoms with Crippen molar-refractivity contribution in [2.24, 2.45) is 0 Å². The molecular weight excluding hydrogens is 315 g/mol. The minimum absolute atomic E-state index is 0.00855. The summed E-state index contributed by atoms with van der Waals surface area (Å²) in [7, 11) is 2.57. The molecule has 23 heavy (non-hydrogen) atoms. The zero-order valence-corrected chi connectivity index (χ0v) is 12.7. The number of halogens is 3. The fourth-order valence-electron chi connectivity index (χ4n) is 2.68. The molecule has 3 atom stereocenters. The molecule has 0 aliphatic carbocycles. The lowest BCUT2D eigenvalue weighted by atomic mass is 10.0. The number of β-amino-alcohol motifs (C(OH)–C–C–N with tert-alkyl or cyclic N) is 1. The van der Waals surface area contributed by atoms with Crippen molar-refractivity contribution in [2.75, 3.05) is 27.3 Å². The summed E-state index contributed by atoms with van der Waals surface area (Å²) in [6.07, 6.45) is -7.42. The summed E-state index contributed by atoms with van der Waals surface area (Å²) >= 11 is 0. The number of alkyl halides is 3. The maximum absolute atomic E-state index is 13.1. The first-order valence-corrected chi connectivity index (χ1v) is 6.98. The van der Waals surface area contributed by atoms with E-state index >= 15 is 0 Å². The molecule has 1 unspecified atom stereocenters. The van der Waals surface area contributed by atoms with Crippen LogP contribution in [-0.4, -0.2) is 55.4 Å². The van der Waals surface area contributed by atoms with E-state index in [9.17, 15) is 23.1 Å². The molecule has 1 aliphatic rings. The Labute approximate surface area is 131 Å². The first-order valence-electron chi connectivity index (χ1n) is 6.98. The fourth-order valence-corrected chi connectivity index (χ4v) is 2.68. The van der Waals surface area contributed by atoms with Crippen molar-refractivity contribution >= 4 is 5.91 Å². The van der Waals surface area contributed by atoms with Gasteiger partial charge in [-0.05, 0) is 6.07 Å². The van der Waals surface area contributed by atoms with Crippen LogP contribution >= 0.6 is 0 Å². The van der Waals surface area contributed by atoms with Crippen LogP contribution in [0.2, 0.25) is 0 Å². The number of likely N-dealkylation sites (tertiary alicyclic amines) is 1. The summed E-state index contributed by atoms with van der Waals surface area (Å²) in [6, 6.07) is 4.80. The third-order valence-corrected chi connectivity index (χ3v) is 3.86. The average Bonchev–Trinajstić information content (AvgIpc) is 2.88. The molecule has 0 spiro atoms. The molecule has 1 fully saturated rings. The van der Waals surface area contributed by atoms with Crippen LogP contribution in [0.4, 0.5) is 13.2 Å². The average molecular weight is 333 g/mol. The summed E-state index contributed by atoms with van der Waals surface area (Å²) in [4.78, 5) is 13.8. The number of aliphatic hydroxyl groups is 1. The largest absolute Gasteiger partial charge is 0.416 e. The second kappa shape index (κ2) is 6.86. The molecule has 1 aliphatic heterocycles. The molecule has 0 bridgehead atoms. The molecule has 1 amide bonds. The summed E-state index contributed by atoms with van der Waals surface area (Å²) in [6.45, 7) is 0.0932. The van der Waals surface area contributed by atoms with Crippen molar-refractivity contribution in [3.05, 3.63) is 35.4 Å². The van der Waals surface area contributed by atoms with E-state index in [1.54, 1.807) is 0 Å². The van der Waals surface area contributed by atoms with Crippen LogP contribution in [-0.2, 0) is 20.4 Å². The highest BCUT2D eigenvalue weighted by Crippen LogP contribution is 2.36. The van der Waals surface area contributed by atoms with E-state index in [1.165, 1.54) is 37.3 Å². The second-order valence-electron chi connectivity index (χ2n) is 5.29. The van der Waals surface area contributed by atoms with E-state index in [0.717, 1.165) is 6.07 Å². The highest BCUT2D eigenvalue weighted by Gasteiger charge is 2.41. The maximum atomic E-state index is 13.1. The van der Waals surface area contributed by atoms with Gasteiger partial charge in [-0.1, -0.05) is 18.2 Å². The van der Waals surface area contributed by atoms with Crippen LogP contribution in [0.15, 0.2) is 24.3 Å². The van der Waals surface area contributed by atoms with Gasteiger partial charge in [0.1, 0.15) is 6.10 Å². The number of hydrogen-bond acceptors (Lipinski definition) is 4. The summed E-state index contributed by atoms with van der Waals surface area (Å²) in [5, 5.41) is 9.78. The van der Waals surface area contributed by atoms with Crippen LogP contribution in [0.5, 0.6) is 0 Å². The van der Waals surface area contributed by atoms with Crippen molar-refractivity contribution in [1.82, 2.24) is 4.90 Å². The zero-order chi connectivity index (χ0) is 17.2. The normalized spacial score (nSPS) is 23.1. The van der Waals surface area contributed by atoms with Crippen LogP contribution < -0.4 is 0 Å². The van der Waals surface area contributed by atoms with Gasteiger partial charge < -0.3 is 19.5 Å². The van der Waals surface area contributed by atoms with Gasteiger partial charge in [-0.25, -0.2) is 0 Å². The molecule has 1 N–H and O–H groups in total. The van der Waals surface area contributed by atoms with Gasteiger partial charge in [0.05, 0.1) is 11.7 Å². The number of nitrogens with zero attached hydrogens (tertiary/aromatic N) is 1. The predicted octanol–water partition coefficient (Wildman–Crippen LogP) is 1.61. The Hall–Kier alpha value is -1.64. The van der Waals surface area contributed by atoms with Gasteiger partial charge in [-0.3, -0.25) is 4.79 Å². The smallest absolute Gasteiger partial charge is 0.388 e. The van der Waals surface area contributed by atoms with Crippen LogP contribution in [0.25, 0.3) is 0 Å². The molecule has 1 aromatic carbocycles. The highest BCUT2D eigenvalue weighted by molar-refractivity contribution is 5.83. The Balaban J connectivity index is 2.29. The van der Waals surface area contributed by atoms with Crippen molar-refractivity contribution < 1.29 is 32.5 Å². The van der Waals surface area contributed by atoms with Gasteiger partial charge >= 0.3 is 6.18 Å². The van der Waals surface area contributed by atoms with Crippen molar-refractivity contribution in [2.45, 2.75) is 24.5 Å². The zero-order valence-electron chi connectivity index (χ0n) is 12.7. The van der Waals surface area contributed by atoms with Gasteiger partial charge in [-0.15, -0.1) is 0 Å². The molecule has 1 heterocycles. The number of methoxy groups -OCH3 is 2. The number of amides is 1. The van der Waals surface area contributed by atoms with Crippen molar-refractivity contribution in [3.8, 4) is 0 Å². The van der Waals surface area contributed by atoms with Crippen molar-refractivity contribution in [1.29, 1.82) is 0 Å². The van der Waals surface area contributed by atoms with E-state index in [0.29, 0.717) is 0 Å². The SMILES string of the molecule is COC(C(=O)N1C[C@H](OC)[C@@H](O)C1)c1ccccc1C(F)(F)F. The van der Waals surface area contributed by atoms with Crippen LogP contribution in [0, 0.1) is 0 Å². The lowest BCUT2D eigenvalue weighted by Gasteiger charge is -2.24. The fraction of sp³-hybridized carbons (Fsp3) is 0.533. The first-order chi connectivity index (χ1) is 10.8. The first kappa shape index (κ1) is 17.7. The molecule has 1 saturated heterocycles. The Morgan fingerprint density at radius 3 is 2.48 bits per heavy atom.